The van der Waals surface area contributed by atoms with Crippen LogP contribution in [0.1, 0.15) is 30.6 Å². The average Bonchev–Trinajstić information content (AvgIpc) is 2.17. The molecular weight excluding hydrogens is 224 g/mol. The lowest BCUT2D eigenvalue weighted by Gasteiger charge is -2.20. The van der Waals surface area contributed by atoms with E-state index in [4.69, 9.17) is 0 Å². The third-order valence-corrected chi connectivity index (χ3v) is 4.41. The summed E-state index contributed by atoms with van der Waals surface area (Å²) in [6.45, 7) is 3.72. The van der Waals surface area contributed by atoms with Crippen molar-refractivity contribution in [2.75, 3.05) is 6.26 Å². The molecule has 90 valence electrons. The molecule has 2 atom stereocenters. The fraction of sp³-hybridized carbons (Fsp3) is 0.500. The molecule has 0 unspecified atom stereocenters. The molecule has 0 aliphatic carbocycles. The Hall–Kier alpha value is -0.870. The molecule has 0 aromatic heterocycles. The van der Waals surface area contributed by atoms with E-state index in [2.05, 4.69) is 0 Å². The van der Waals surface area contributed by atoms with Gasteiger partial charge in [0.25, 0.3) is 0 Å². The molecule has 1 N–H and O–H groups in total. The van der Waals surface area contributed by atoms with Crippen LogP contribution in [0.4, 0.5) is 0 Å². The van der Waals surface area contributed by atoms with Gasteiger partial charge in [0.1, 0.15) is 0 Å². The van der Waals surface area contributed by atoms with Gasteiger partial charge in [0.05, 0.1) is 11.4 Å². The van der Waals surface area contributed by atoms with Crippen molar-refractivity contribution in [2.24, 2.45) is 0 Å². The maximum atomic E-state index is 11.5. The van der Waals surface area contributed by atoms with Gasteiger partial charge in [-0.3, -0.25) is 0 Å². The minimum atomic E-state index is -3.22. The van der Waals surface area contributed by atoms with E-state index in [0.29, 0.717) is 12.0 Å². The molecule has 0 aliphatic heterocycles. The second kappa shape index (κ2) is 4.97. The van der Waals surface area contributed by atoms with Gasteiger partial charge >= 0.3 is 0 Å². The quantitative estimate of drug-likeness (QED) is 0.876. The summed E-state index contributed by atoms with van der Waals surface area (Å²) >= 11 is 0. The zero-order chi connectivity index (χ0) is 12.3. The first-order valence-electron chi connectivity index (χ1n) is 5.29. The zero-order valence-corrected chi connectivity index (χ0v) is 10.7. The number of hydrogen-bond acceptors (Lipinski definition) is 3. The van der Waals surface area contributed by atoms with Crippen molar-refractivity contribution in [1.82, 2.24) is 0 Å². The lowest BCUT2D eigenvalue weighted by Crippen LogP contribution is -2.26. The van der Waals surface area contributed by atoms with Gasteiger partial charge in [-0.25, -0.2) is 8.42 Å². The van der Waals surface area contributed by atoms with Crippen LogP contribution in [0.5, 0.6) is 0 Å². The number of benzene rings is 1. The number of aliphatic hydroxyl groups is 1. The second-order valence-corrected chi connectivity index (χ2v) is 6.40. The number of sulfone groups is 1. The van der Waals surface area contributed by atoms with Gasteiger partial charge < -0.3 is 5.11 Å². The number of aryl methyl sites for hydroxylation is 1. The molecule has 16 heavy (non-hydrogen) atoms. The predicted octanol–water partition coefficient (Wildman–Crippen LogP) is 1.85. The molecule has 0 heterocycles. The zero-order valence-electron chi connectivity index (χ0n) is 9.84. The van der Waals surface area contributed by atoms with E-state index in [9.17, 15) is 13.5 Å². The van der Waals surface area contributed by atoms with Gasteiger partial charge in [-0.1, -0.05) is 36.8 Å². The van der Waals surface area contributed by atoms with Gasteiger partial charge in [0.15, 0.2) is 9.84 Å². The highest BCUT2D eigenvalue weighted by molar-refractivity contribution is 7.91. The Balaban J connectivity index is 3.00. The highest BCUT2D eigenvalue weighted by Crippen LogP contribution is 2.24. The monoisotopic (exact) mass is 242 g/mol. The van der Waals surface area contributed by atoms with Crippen molar-refractivity contribution >= 4 is 9.84 Å². The first-order chi connectivity index (χ1) is 7.36. The van der Waals surface area contributed by atoms with Gasteiger partial charge in [0, 0.05) is 6.26 Å². The van der Waals surface area contributed by atoms with Crippen molar-refractivity contribution < 1.29 is 13.5 Å². The van der Waals surface area contributed by atoms with Crippen LogP contribution >= 0.6 is 0 Å². The first kappa shape index (κ1) is 13.2. The number of rotatable bonds is 4. The molecule has 3 nitrogen and oxygen atoms in total. The van der Waals surface area contributed by atoms with Crippen LogP contribution in [-0.4, -0.2) is 25.0 Å². The normalized spacial score (nSPS) is 15.8. The van der Waals surface area contributed by atoms with Crippen molar-refractivity contribution in [1.29, 1.82) is 0 Å². The largest absolute Gasteiger partial charge is 0.387 e. The third kappa shape index (κ3) is 3.06. The molecule has 0 amide bonds. The summed E-state index contributed by atoms with van der Waals surface area (Å²) < 4.78 is 23.0. The maximum absolute atomic E-state index is 11.5. The first-order valence-corrected chi connectivity index (χ1v) is 7.25. The molecule has 0 radical (unpaired) electrons. The van der Waals surface area contributed by atoms with Crippen LogP contribution < -0.4 is 0 Å². The van der Waals surface area contributed by atoms with E-state index >= 15 is 0 Å². The standard InChI is InChI=1S/C12H18O3S/c1-4-11(16(3,14)15)12(13)10-7-5-9(2)6-8-10/h5-8,11-13H,4H2,1-3H3/t11-,12+/m1/s1. The van der Waals surface area contributed by atoms with Crippen molar-refractivity contribution in [3.63, 3.8) is 0 Å². The summed E-state index contributed by atoms with van der Waals surface area (Å²) in [5.74, 6) is 0. The van der Waals surface area contributed by atoms with Gasteiger partial charge in [-0.05, 0) is 18.9 Å². The van der Waals surface area contributed by atoms with Crippen molar-refractivity contribution in [3.8, 4) is 0 Å². The molecule has 0 saturated carbocycles. The van der Waals surface area contributed by atoms with E-state index < -0.39 is 21.2 Å². The Morgan fingerprint density at radius 1 is 1.25 bits per heavy atom. The second-order valence-electron chi connectivity index (χ2n) is 4.13. The van der Waals surface area contributed by atoms with E-state index in [1.807, 2.05) is 19.1 Å². The SMILES string of the molecule is CC[C@H]([C@@H](O)c1ccc(C)cc1)S(C)(=O)=O. The van der Waals surface area contributed by atoms with Crippen molar-refractivity contribution in [3.05, 3.63) is 35.4 Å². The molecule has 1 rings (SSSR count). The highest BCUT2D eigenvalue weighted by Gasteiger charge is 2.28. The minimum Gasteiger partial charge on any atom is -0.387 e. The van der Waals surface area contributed by atoms with Gasteiger partial charge in [-0.15, -0.1) is 0 Å². The van der Waals surface area contributed by atoms with E-state index in [1.165, 1.54) is 6.26 Å². The molecule has 0 spiro atoms. The Morgan fingerprint density at radius 3 is 2.12 bits per heavy atom. The summed E-state index contributed by atoms with van der Waals surface area (Å²) in [5, 5.41) is 9.30. The van der Waals surface area contributed by atoms with E-state index in [0.717, 1.165) is 5.56 Å². The molecule has 1 aromatic carbocycles. The fourth-order valence-corrected chi connectivity index (χ4v) is 2.97. The molecular formula is C12H18O3S. The predicted molar refractivity (Wildman–Crippen MR) is 65.1 cm³/mol. The lowest BCUT2D eigenvalue weighted by atomic mass is 10.0. The summed E-state index contributed by atoms with van der Waals surface area (Å²) in [6, 6.07) is 7.28. The Morgan fingerprint density at radius 2 is 1.75 bits per heavy atom. The van der Waals surface area contributed by atoms with Gasteiger partial charge in [-0.2, -0.15) is 0 Å². The summed E-state index contributed by atoms with van der Waals surface area (Å²) in [6.07, 6.45) is 0.632. The fourth-order valence-electron chi connectivity index (χ4n) is 1.74. The molecule has 0 saturated heterocycles. The number of aliphatic hydroxyl groups excluding tert-OH is 1. The third-order valence-electron chi connectivity index (χ3n) is 2.72. The Bertz CT molecular complexity index is 434. The van der Waals surface area contributed by atoms with Crippen LogP contribution in [0.3, 0.4) is 0 Å². The van der Waals surface area contributed by atoms with Crippen LogP contribution in [-0.2, 0) is 9.84 Å². The maximum Gasteiger partial charge on any atom is 0.153 e. The van der Waals surface area contributed by atoms with E-state index in [1.54, 1.807) is 19.1 Å². The Labute approximate surface area is 97.0 Å². The van der Waals surface area contributed by atoms with Crippen molar-refractivity contribution in [2.45, 2.75) is 31.6 Å². The highest BCUT2D eigenvalue weighted by atomic mass is 32.2. The van der Waals surface area contributed by atoms with E-state index in [-0.39, 0.29) is 0 Å². The minimum absolute atomic E-state index is 0.411. The average molecular weight is 242 g/mol. The van der Waals surface area contributed by atoms with Crippen LogP contribution in [0.2, 0.25) is 0 Å². The van der Waals surface area contributed by atoms with Gasteiger partial charge in [0.2, 0.25) is 0 Å². The molecule has 4 heteroatoms. The summed E-state index contributed by atoms with van der Waals surface area (Å²) in [7, 11) is -3.22. The number of hydrogen-bond donors (Lipinski definition) is 1. The van der Waals surface area contributed by atoms with Crippen LogP contribution in [0.15, 0.2) is 24.3 Å². The molecule has 0 aliphatic rings. The smallest absolute Gasteiger partial charge is 0.153 e. The van der Waals surface area contributed by atoms with Crippen LogP contribution in [0.25, 0.3) is 0 Å². The Kier molecular flexibility index (Phi) is 4.10. The molecule has 0 fully saturated rings. The molecule has 0 bridgehead atoms. The summed E-state index contributed by atoms with van der Waals surface area (Å²) in [4.78, 5) is 0. The lowest BCUT2D eigenvalue weighted by molar-refractivity contribution is 0.169. The topological polar surface area (TPSA) is 54.4 Å². The summed E-state index contributed by atoms with van der Waals surface area (Å²) in [5.41, 5.74) is 1.74. The molecule has 1 aromatic rings. The van der Waals surface area contributed by atoms with Crippen LogP contribution in [0, 0.1) is 6.92 Å².